The van der Waals surface area contributed by atoms with Gasteiger partial charge in [0.15, 0.2) is 0 Å². The summed E-state index contributed by atoms with van der Waals surface area (Å²) in [6, 6.07) is 5.62. The van der Waals surface area contributed by atoms with Crippen LogP contribution in [0.3, 0.4) is 0 Å². The Bertz CT molecular complexity index is 659. The van der Waals surface area contributed by atoms with Gasteiger partial charge in [-0.25, -0.2) is 14.1 Å². The van der Waals surface area contributed by atoms with E-state index >= 15 is 0 Å². The predicted octanol–water partition coefficient (Wildman–Crippen LogP) is 0.510. The number of anilines is 2. The summed E-state index contributed by atoms with van der Waals surface area (Å²) in [5, 5.41) is 14.8. The molecule has 7 nitrogen and oxygen atoms in total. The lowest BCUT2D eigenvalue weighted by Gasteiger charge is -2.06. The first-order valence-electron chi connectivity index (χ1n) is 5.23. The third kappa shape index (κ3) is 3.04. The molecule has 2 aromatic rings. The van der Waals surface area contributed by atoms with E-state index in [4.69, 9.17) is 11.0 Å². The molecular formula is C11H9FN6O. The van der Waals surface area contributed by atoms with E-state index in [-0.39, 0.29) is 24.0 Å². The molecule has 0 unspecified atom stereocenters. The molecule has 3 N–H and O–H groups in total. The van der Waals surface area contributed by atoms with Crippen molar-refractivity contribution in [1.29, 1.82) is 5.26 Å². The van der Waals surface area contributed by atoms with E-state index in [1.54, 1.807) is 6.07 Å². The maximum absolute atomic E-state index is 12.9. The van der Waals surface area contributed by atoms with E-state index in [0.717, 1.165) is 6.07 Å². The van der Waals surface area contributed by atoms with Crippen LogP contribution in [0.2, 0.25) is 0 Å². The molecule has 1 heterocycles. The van der Waals surface area contributed by atoms with Gasteiger partial charge in [-0.05, 0) is 18.2 Å². The van der Waals surface area contributed by atoms with E-state index in [0.29, 0.717) is 5.69 Å². The van der Waals surface area contributed by atoms with Gasteiger partial charge in [-0.2, -0.15) is 5.26 Å². The van der Waals surface area contributed by atoms with Gasteiger partial charge >= 0.3 is 0 Å². The number of hydrogen-bond donors (Lipinski definition) is 2. The SMILES string of the molecule is N#Cc1ncn(CC(=O)Nc2ccc(F)c(N)c2)n1. The molecule has 1 amide bonds. The van der Waals surface area contributed by atoms with Gasteiger partial charge in [-0.15, -0.1) is 5.10 Å². The van der Waals surface area contributed by atoms with Crippen molar-refractivity contribution < 1.29 is 9.18 Å². The Labute approximate surface area is 107 Å². The number of amides is 1. The van der Waals surface area contributed by atoms with Crippen LogP contribution in [0.15, 0.2) is 24.5 Å². The molecule has 0 aliphatic heterocycles. The third-order valence-corrected chi connectivity index (χ3v) is 2.22. The minimum atomic E-state index is -0.548. The Hall–Kier alpha value is -2.95. The largest absolute Gasteiger partial charge is 0.396 e. The van der Waals surface area contributed by atoms with Crippen molar-refractivity contribution in [3.8, 4) is 6.07 Å². The molecule has 1 aromatic carbocycles. The summed E-state index contributed by atoms with van der Waals surface area (Å²) < 4.78 is 14.2. The normalized spacial score (nSPS) is 9.89. The van der Waals surface area contributed by atoms with E-state index in [1.807, 2.05) is 0 Å². The summed E-state index contributed by atoms with van der Waals surface area (Å²) in [4.78, 5) is 15.3. The van der Waals surface area contributed by atoms with E-state index in [2.05, 4.69) is 15.4 Å². The molecular weight excluding hydrogens is 251 g/mol. The summed E-state index contributed by atoms with van der Waals surface area (Å²) in [5.41, 5.74) is 5.71. The molecule has 96 valence electrons. The fourth-order valence-corrected chi connectivity index (χ4v) is 1.39. The highest BCUT2D eigenvalue weighted by Crippen LogP contribution is 2.16. The molecule has 0 aliphatic carbocycles. The zero-order valence-electron chi connectivity index (χ0n) is 9.67. The van der Waals surface area contributed by atoms with Crippen LogP contribution in [-0.4, -0.2) is 20.7 Å². The van der Waals surface area contributed by atoms with Crippen molar-refractivity contribution in [2.24, 2.45) is 0 Å². The summed E-state index contributed by atoms with van der Waals surface area (Å²) in [6.45, 7) is -0.105. The number of halogens is 1. The van der Waals surface area contributed by atoms with Gasteiger partial charge in [0, 0.05) is 5.69 Å². The first-order chi connectivity index (χ1) is 9.08. The van der Waals surface area contributed by atoms with Crippen molar-refractivity contribution in [3.63, 3.8) is 0 Å². The summed E-state index contributed by atoms with van der Waals surface area (Å²) in [6.07, 6.45) is 1.27. The minimum absolute atomic E-state index is 0.0150. The molecule has 0 saturated carbocycles. The van der Waals surface area contributed by atoms with Crippen LogP contribution in [-0.2, 0) is 11.3 Å². The molecule has 0 radical (unpaired) electrons. The van der Waals surface area contributed by atoms with Gasteiger partial charge in [0.25, 0.3) is 5.82 Å². The Balaban J connectivity index is 2.01. The van der Waals surface area contributed by atoms with Gasteiger partial charge < -0.3 is 11.1 Å². The van der Waals surface area contributed by atoms with Crippen LogP contribution in [0, 0.1) is 17.1 Å². The monoisotopic (exact) mass is 260 g/mol. The zero-order valence-corrected chi connectivity index (χ0v) is 9.67. The quantitative estimate of drug-likeness (QED) is 0.781. The van der Waals surface area contributed by atoms with E-state index in [9.17, 15) is 9.18 Å². The highest BCUT2D eigenvalue weighted by Gasteiger charge is 2.07. The van der Waals surface area contributed by atoms with Crippen molar-refractivity contribution in [2.75, 3.05) is 11.1 Å². The molecule has 19 heavy (non-hydrogen) atoms. The van der Waals surface area contributed by atoms with Gasteiger partial charge in [0.1, 0.15) is 24.8 Å². The number of aromatic nitrogens is 3. The summed E-state index contributed by atoms with van der Waals surface area (Å²) in [5.74, 6) is -0.952. The molecule has 1 aromatic heterocycles. The number of nitrogens with two attached hydrogens (primary N) is 1. The number of carbonyl (C=O) groups excluding carboxylic acids is 1. The Morgan fingerprint density at radius 3 is 3.00 bits per heavy atom. The molecule has 0 saturated heterocycles. The zero-order chi connectivity index (χ0) is 13.8. The highest BCUT2D eigenvalue weighted by atomic mass is 19.1. The average molecular weight is 260 g/mol. The van der Waals surface area contributed by atoms with Gasteiger partial charge in [0.2, 0.25) is 5.91 Å². The highest BCUT2D eigenvalue weighted by molar-refractivity contribution is 5.90. The second-order valence-corrected chi connectivity index (χ2v) is 3.66. The second kappa shape index (κ2) is 5.14. The first kappa shape index (κ1) is 12.5. The Morgan fingerprint density at radius 2 is 2.37 bits per heavy atom. The van der Waals surface area contributed by atoms with Gasteiger partial charge in [0.05, 0.1) is 5.69 Å². The third-order valence-electron chi connectivity index (χ3n) is 2.22. The summed E-state index contributed by atoms with van der Waals surface area (Å²) >= 11 is 0. The van der Waals surface area contributed by atoms with Crippen LogP contribution in [0.5, 0.6) is 0 Å². The number of nitriles is 1. The van der Waals surface area contributed by atoms with Crippen LogP contribution in [0.25, 0.3) is 0 Å². The van der Waals surface area contributed by atoms with Crippen LogP contribution in [0.4, 0.5) is 15.8 Å². The molecule has 8 heteroatoms. The Kier molecular flexibility index (Phi) is 3.38. The Morgan fingerprint density at radius 1 is 1.58 bits per heavy atom. The fraction of sp³-hybridized carbons (Fsp3) is 0.0909. The maximum Gasteiger partial charge on any atom is 0.252 e. The lowest BCUT2D eigenvalue weighted by Crippen LogP contribution is -2.19. The molecule has 0 aliphatic rings. The molecule has 0 bridgehead atoms. The second-order valence-electron chi connectivity index (χ2n) is 3.66. The topological polar surface area (TPSA) is 110 Å². The lowest BCUT2D eigenvalue weighted by atomic mass is 10.2. The van der Waals surface area contributed by atoms with Crippen LogP contribution < -0.4 is 11.1 Å². The standard InChI is InChI=1S/C11H9FN6O/c12-8-2-1-7(3-9(8)14)16-11(19)5-18-6-15-10(4-13)17-18/h1-3,6H,5,14H2,(H,16,19). The minimum Gasteiger partial charge on any atom is -0.396 e. The predicted molar refractivity (Wildman–Crippen MR) is 64.2 cm³/mol. The number of nitrogen functional groups attached to an aromatic ring is 1. The first-order valence-corrected chi connectivity index (χ1v) is 5.23. The van der Waals surface area contributed by atoms with E-state index in [1.165, 1.54) is 23.1 Å². The number of hydrogen-bond acceptors (Lipinski definition) is 5. The van der Waals surface area contributed by atoms with Crippen LogP contribution >= 0.6 is 0 Å². The fourth-order valence-electron chi connectivity index (χ4n) is 1.39. The van der Waals surface area contributed by atoms with Crippen molar-refractivity contribution in [1.82, 2.24) is 14.8 Å². The number of rotatable bonds is 3. The smallest absolute Gasteiger partial charge is 0.252 e. The maximum atomic E-state index is 12.9. The molecule has 2 rings (SSSR count). The lowest BCUT2D eigenvalue weighted by molar-refractivity contribution is -0.116. The van der Waals surface area contributed by atoms with Gasteiger partial charge in [-0.1, -0.05) is 0 Å². The average Bonchev–Trinajstić information content (AvgIpc) is 2.81. The number of nitrogens with one attached hydrogen (secondary N) is 1. The summed E-state index contributed by atoms with van der Waals surface area (Å²) in [7, 11) is 0. The molecule has 0 fully saturated rings. The van der Waals surface area contributed by atoms with Crippen molar-refractivity contribution in [3.05, 3.63) is 36.2 Å². The van der Waals surface area contributed by atoms with Gasteiger partial charge in [-0.3, -0.25) is 4.79 Å². The van der Waals surface area contributed by atoms with E-state index < -0.39 is 5.82 Å². The number of carbonyl (C=O) groups is 1. The van der Waals surface area contributed by atoms with Crippen molar-refractivity contribution >= 4 is 17.3 Å². The van der Waals surface area contributed by atoms with Crippen molar-refractivity contribution in [2.45, 2.75) is 6.54 Å². The number of nitrogens with zero attached hydrogens (tertiary/aromatic N) is 4. The number of benzene rings is 1. The molecule has 0 atom stereocenters. The molecule has 0 spiro atoms. The van der Waals surface area contributed by atoms with Crippen LogP contribution in [0.1, 0.15) is 5.82 Å².